The monoisotopic (exact) mass is 332 g/mol. The summed E-state index contributed by atoms with van der Waals surface area (Å²) in [6.07, 6.45) is 6.12. The van der Waals surface area contributed by atoms with Crippen LogP contribution >= 0.6 is 0 Å². The van der Waals surface area contributed by atoms with E-state index in [-0.39, 0.29) is 23.7 Å². The average molecular weight is 332 g/mol. The van der Waals surface area contributed by atoms with Crippen molar-refractivity contribution >= 4 is 21.8 Å². The molecule has 1 unspecified atom stereocenters. The number of benzene rings is 1. The minimum absolute atomic E-state index is 0.0347. The Hall–Kier alpha value is -2.13. The SMILES string of the molecule is CC(CS(C)(=O)=O)N(C(=O)/C=C/c1cccc(C#N)c1)C1CC1. The first kappa shape index (κ1) is 17.2. The van der Waals surface area contributed by atoms with Gasteiger partial charge in [-0.25, -0.2) is 8.42 Å². The third-order valence-electron chi connectivity index (χ3n) is 3.65. The summed E-state index contributed by atoms with van der Waals surface area (Å²) in [4.78, 5) is 14.1. The molecular weight excluding hydrogens is 312 g/mol. The first-order valence-corrected chi connectivity index (χ1v) is 9.54. The average Bonchev–Trinajstić information content (AvgIpc) is 3.28. The summed E-state index contributed by atoms with van der Waals surface area (Å²) < 4.78 is 23.0. The van der Waals surface area contributed by atoms with Crippen LogP contribution < -0.4 is 0 Å². The normalized spacial score (nSPS) is 16.0. The maximum atomic E-state index is 12.5. The zero-order chi connectivity index (χ0) is 17.0. The molecule has 5 nitrogen and oxygen atoms in total. The molecule has 1 saturated carbocycles. The highest BCUT2D eigenvalue weighted by atomic mass is 32.2. The van der Waals surface area contributed by atoms with Crippen LogP contribution in [0.4, 0.5) is 0 Å². The second kappa shape index (κ2) is 6.97. The van der Waals surface area contributed by atoms with Gasteiger partial charge in [0, 0.05) is 24.4 Å². The summed E-state index contributed by atoms with van der Waals surface area (Å²) in [7, 11) is -3.14. The van der Waals surface area contributed by atoms with Gasteiger partial charge >= 0.3 is 0 Å². The second-order valence-corrected chi connectivity index (χ2v) is 8.17. The van der Waals surface area contributed by atoms with E-state index in [9.17, 15) is 13.2 Å². The van der Waals surface area contributed by atoms with Crippen LogP contribution in [0.1, 0.15) is 30.9 Å². The van der Waals surface area contributed by atoms with Gasteiger partial charge < -0.3 is 4.90 Å². The Morgan fingerprint density at radius 1 is 1.48 bits per heavy atom. The second-order valence-electron chi connectivity index (χ2n) is 5.99. The van der Waals surface area contributed by atoms with Crippen molar-refractivity contribution in [2.24, 2.45) is 0 Å². The van der Waals surface area contributed by atoms with E-state index in [0.29, 0.717) is 5.56 Å². The zero-order valence-electron chi connectivity index (χ0n) is 13.3. The van der Waals surface area contributed by atoms with Gasteiger partial charge in [0.1, 0.15) is 9.84 Å². The van der Waals surface area contributed by atoms with Gasteiger partial charge in [0.25, 0.3) is 0 Å². The molecule has 0 aromatic heterocycles. The van der Waals surface area contributed by atoms with Crippen LogP contribution in [0.3, 0.4) is 0 Å². The predicted octanol–water partition coefficient (Wildman–Crippen LogP) is 2.00. The molecule has 1 aromatic rings. The third-order valence-corrected chi connectivity index (χ3v) is 4.74. The molecule has 0 radical (unpaired) electrons. The van der Waals surface area contributed by atoms with E-state index in [1.54, 1.807) is 36.1 Å². The van der Waals surface area contributed by atoms with Gasteiger partial charge in [-0.1, -0.05) is 12.1 Å². The minimum atomic E-state index is -3.14. The van der Waals surface area contributed by atoms with Crippen molar-refractivity contribution in [3.8, 4) is 6.07 Å². The van der Waals surface area contributed by atoms with Crippen molar-refractivity contribution < 1.29 is 13.2 Å². The molecule has 0 aliphatic heterocycles. The topological polar surface area (TPSA) is 78.2 Å². The van der Waals surface area contributed by atoms with Crippen LogP contribution in [-0.2, 0) is 14.6 Å². The summed E-state index contributed by atoms with van der Waals surface area (Å²) in [5.74, 6) is -0.224. The van der Waals surface area contributed by atoms with Gasteiger partial charge in [-0.05, 0) is 43.5 Å². The Kier molecular flexibility index (Phi) is 5.22. The maximum absolute atomic E-state index is 12.5. The number of carbonyl (C=O) groups excluding carboxylic acids is 1. The third kappa shape index (κ3) is 5.22. The highest BCUT2D eigenvalue weighted by molar-refractivity contribution is 7.90. The van der Waals surface area contributed by atoms with Crippen LogP contribution in [0.2, 0.25) is 0 Å². The number of rotatable bonds is 6. The lowest BCUT2D eigenvalue weighted by molar-refractivity contribution is -0.128. The van der Waals surface area contributed by atoms with Gasteiger partial charge in [0.05, 0.1) is 17.4 Å². The van der Waals surface area contributed by atoms with E-state index in [2.05, 4.69) is 6.07 Å². The van der Waals surface area contributed by atoms with Crippen molar-refractivity contribution in [1.29, 1.82) is 5.26 Å². The van der Waals surface area contributed by atoms with Crippen LogP contribution in [0.15, 0.2) is 30.3 Å². The van der Waals surface area contributed by atoms with E-state index in [1.807, 2.05) is 6.07 Å². The number of hydrogen-bond acceptors (Lipinski definition) is 4. The van der Waals surface area contributed by atoms with E-state index in [1.165, 1.54) is 12.3 Å². The quantitative estimate of drug-likeness (QED) is 0.746. The summed E-state index contributed by atoms with van der Waals surface area (Å²) in [5, 5.41) is 8.88. The largest absolute Gasteiger partial charge is 0.332 e. The molecule has 1 amide bonds. The lowest BCUT2D eigenvalue weighted by Crippen LogP contribution is -2.43. The molecule has 1 atom stereocenters. The molecule has 1 fully saturated rings. The van der Waals surface area contributed by atoms with E-state index in [0.717, 1.165) is 18.4 Å². The molecule has 0 N–H and O–H groups in total. The number of carbonyl (C=O) groups is 1. The molecule has 2 rings (SSSR count). The standard InChI is InChI=1S/C17H20N2O3S/c1-13(12-23(2,21)22)19(16-7-8-16)17(20)9-6-14-4-3-5-15(10-14)11-18/h3-6,9-10,13,16H,7-8,12H2,1-2H3/b9-6+. The zero-order valence-corrected chi connectivity index (χ0v) is 14.1. The van der Waals surface area contributed by atoms with E-state index < -0.39 is 9.84 Å². The number of hydrogen-bond donors (Lipinski definition) is 0. The first-order chi connectivity index (χ1) is 10.8. The van der Waals surface area contributed by atoms with Crippen LogP contribution in [0, 0.1) is 11.3 Å². The number of nitrogens with zero attached hydrogens (tertiary/aromatic N) is 2. The molecule has 0 bridgehead atoms. The summed E-state index contributed by atoms with van der Waals surface area (Å²) in [6.45, 7) is 1.77. The van der Waals surface area contributed by atoms with Crippen LogP contribution in [-0.4, -0.2) is 43.3 Å². The molecule has 6 heteroatoms. The van der Waals surface area contributed by atoms with Gasteiger partial charge in [-0.15, -0.1) is 0 Å². The Balaban J connectivity index is 2.12. The number of amides is 1. The van der Waals surface area contributed by atoms with Crippen molar-refractivity contribution in [2.75, 3.05) is 12.0 Å². The summed E-state index contributed by atoms with van der Waals surface area (Å²) >= 11 is 0. The van der Waals surface area contributed by atoms with Crippen molar-refractivity contribution in [2.45, 2.75) is 31.8 Å². The molecule has 122 valence electrons. The minimum Gasteiger partial charge on any atom is -0.332 e. The molecule has 1 aliphatic rings. The lowest BCUT2D eigenvalue weighted by Gasteiger charge is -2.27. The Bertz CT molecular complexity index is 758. The van der Waals surface area contributed by atoms with Crippen LogP contribution in [0.5, 0.6) is 0 Å². The molecular formula is C17H20N2O3S. The fourth-order valence-electron chi connectivity index (χ4n) is 2.59. The van der Waals surface area contributed by atoms with E-state index >= 15 is 0 Å². The highest BCUT2D eigenvalue weighted by Gasteiger charge is 2.35. The van der Waals surface area contributed by atoms with Gasteiger partial charge in [-0.2, -0.15) is 5.26 Å². The first-order valence-electron chi connectivity index (χ1n) is 7.48. The summed E-state index contributed by atoms with van der Waals surface area (Å²) in [5.41, 5.74) is 1.30. The molecule has 23 heavy (non-hydrogen) atoms. The smallest absolute Gasteiger partial charge is 0.247 e. The van der Waals surface area contributed by atoms with Gasteiger partial charge in [-0.3, -0.25) is 4.79 Å². The number of nitriles is 1. The molecule has 0 heterocycles. The van der Waals surface area contributed by atoms with E-state index in [4.69, 9.17) is 5.26 Å². The molecule has 1 aliphatic carbocycles. The Morgan fingerprint density at radius 3 is 2.74 bits per heavy atom. The van der Waals surface area contributed by atoms with Crippen molar-refractivity contribution in [3.63, 3.8) is 0 Å². The predicted molar refractivity (Wildman–Crippen MR) is 89.2 cm³/mol. The van der Waals surface area contributed by atoms with Crippen molar-refractivity contribution in [3.05, 3.63) is 41.5 Å². The van der Waals surface area contributed by atoms with Crippen LogP contribution in [0.25, 0.3) is 6.08 Å². The molecule has 0 saturated heterocycles. The fourth-order valence-corrected chi connectivity index (χ4v) is 3.63. The Morgan fingerprint density at radius 2 is 2.17 bits per heavy atom. The number of sulfone groups is 1. The highest BCUT2D eigenvalue weighted by Crippen LogP contribution is 2.29. The van der Waals surface area contributed by atoms with Gasteiger partial charge in [0.15, 0.2) is 0 Å². The Labute approximate surface area is 137 Å². The van der Waals surface area contributed by atoms with Crippen molar-refractivity contribution in [1.82, 2.24) is 4.90 Å². The summed E-state index contributed by atoms with van der Waals surface area (Å²) in [6, 6.07) is 8.81. The van der Waals surface area contributed by atoms with Gasteiger partial charge in [0.2, 0.25) is 5.91 Å². The lowest BCUT2D eigenvalue weighted by atomic mass is 10.1. The molecule has 0 spiro atoms. The maximum Gasteiger partial charge on any atom is 0.247 e. The fraction of sp³-hybridized carbons (Fsp3) is 0.412. The molecule has 1 aromatic carbocycles.